The number of benzene rings is 1. The van der Waals surface area contributed by atoms with E-state index in [0.717, 1.165) is 4.90 Å². The van der Waals surface area contributed by atoms with Gasteiger partial charge in [0, 0.05) is 16.8 Å². The first kappa shape index (κ1) is 15.4. The van der Waals surface area contributed by atoms with Crippen LogP contribution in [0.5, 0.6) is 0 Å². The van der Waals surface area contributed by atoms with Gasteiger partial charge in [0.15, 0.2) is 0 Å². The van der Waals surface area contributed by atoms with Gasteiger partial charge in [-0.2, -0.15) is 0 Å². The lowest BCUT2D eigenvalue weighted by molar-refractivity contribution is 0.0786. The molecule has 0 aliphatic rings. The minimum atomic E-state index is -0.0429. The van der Waals surface area contributed by atoms with Crippen molar-refractivity contribution in [2.75, 3.05) is 13.3 Å². The largest absolute Gasteiger partial charge is 0.337 e. The molecule has 2 rings (SSSR count). The Bertz CT molecular complexity index is 624. The maximum absolute atomic E-state index is 12.5. The quantitative estimate of drug-likeness (QED) is 0.759. The van der Waals surface area contributed by atoms with Crippen molar-refractivity contribution in [2.45, 2.75) is 18.4 Å². The van der Waals surface area contributed by atoms with Crippen molar-refractivity contribution in [1.29, 1.82) is 0 Å². The van der Waals surface area contributed by atoms with Gasteiger partial charge >= 0.3 is 0 Å². The molecule has 0 spiro atoms. The smallest absolute Gasteiger partial charge is 0.255 e. The number of aryl methyl sites for hydroxylation is 1. The minimum Gasteiger partial charge on any atom is -0.337 e. The molecule has 0 saturated carbocycles. The Morgan fingerprint density at radius 1 is 1.40 bits per heavy atom. The van der Waals surface area contributed by atoms with Crippen LogP contribution < -0.4 is 0 Å². The number of rotatable bonds is 4. The third-order valence-corrected chi connectivity index (χ3v) is 5.16. The minimum absolute atomic E-state index is 0.0429. The third-order valence-electron chi connectivity index (χ3n) is 3.10. The van der Waals surface area contributed by atoms with Gasteiger partial charge in [0.05, 0.1) is 17.1 Å². The first-order valence-corrected chi connectivity index (χ1v) is 8.63. The molecule has 5 heteroatoms. The Labute approximate surface area is 132 Å². The molecule has 1 aromatic carbocycles. The zero-order valence-electron chi connectivity index (χ0n) is 11.6. The first-order chi connectivity index (χ1) is 9.52. The highest BCUT2D eigenvalue weighted by molar-refractivity contribution is 7.98. The Balaban J connectivity index is 2.20. The van der Waals surface area contributed by atoms with Gasteiger partial charge in [-0.1, -0.05) is 11.6 Å². The maximum atomic E-state index is 12.5. The van der Waals surface area contributed by atoms with Gasteiger partial charge in [-0.25, -0.2) is 0 Å². The molecule has 106 valence electrons. The fourth-order valence-corrected chi connectivity index (χ4v) is 3.45. The number of nitrogens with zero attached hydrogens (tertiary/aromatic N) is 1. The number of halogens is 1. The molecule has 1 amide bonds. The molecular weight excluding hydrogens is 310 g/mol. The lowest BCUT2D eigenvalue weighted by Crippen LogP contribution is -2.26. The van der Waals surface area contributed by atoms with Gasteiger partial charge in [0.2, 0.25) is 0 Å². The van der Waals surface area contributed by atoms with Crippen molar-refractivity contribution >= 4 is 40.6 Å². The summed E-state index contributed by atoms with van der Waals surface area (Å²) in [5, 5.41) is 2.55. The van der Waals surface area contributed by atoms with E-state index in [1.807, 2.05) is 30.8 Å². The van der Waals surface area contributed by atoms with Gasteiger partial charge in [-0.3, -0.25) is 4.79 Å². The van der Waals surface area contributed by atoms with Gasteiger partial charge in [0.1, 0.15) is 0 Å². The molecule has 1 aromatic heterocycles. The zero-order valence-corrected chi connectivity index (χ0v) is 14.0. The second kappa shape index (κ2) is 6.66. The molecule has 1 heterocycles. The number of amides is 1. The molecule has 0 radical (unpaired) electrons. The molecule has 2 aromatic rings. The highest BCUT2D eigenvalue weighted by Gasteiger charge is 2.17. The topological polar surface area (TPSA) is 20.3 Å². The molecule has 20 heavy (non-hydrogen) atoms. The summed E-state index contributed by atoms with van der Waals surface area (Å²) in [6, 6.07) is 7.63. The van der Waals surface area contributed by atoms with Crippen LogP contribution in [0.25, 0.3) is 0 Å². The summed E-state index contributed by atoms with van der Waals surface area (Å²) in [7, 11) is 1.81. The molecule has 0 aliphatic carbocycles. The van der Waals surface area contributed by atoms with Crippen LogP contribution in [0.15, 0.2) is 34.5 Å². The predicted octanol–water partition coefficient (Wildman–Crippen LogP) is 4.70. The van der Waals surface area contributed by atoms with Crippen molar-refractivity contribution in [3.05, 3.63) is 50.7 Å². The summed E-state index contributed by atoms with van der Waals surface area (Å²) in [5.74, 6) is -0.0429. The number of hydrogen-bond donors (Lipinski definition) is 0. The lowest BCUT2D eigenvalue weighted by Gasteiger charge is -2.18. The van der Waals surface area contributed by atoms with E-state index in [0.29, 0.717) is 17.1 Å². The molecule has 0 fully saturated rings. The summed E-state index contributed by atoms with van der Waals surface area (Å²) in [6.45, 7) is 2.67. The normalized spacial score (nSPS) is 10.6. The van der Waals surface area contributed by atoms with Gasteiger partial charge in [-0.05, 0) is 48.4 Å². The van der Waals surface area contributed by atoms with Crippen molar-refractivity contribution in [3.8, 4) is 0 Å². The highest BCUT2D eigenvalue weighted by atomic mass is 35.5. The van der Waals surface area contributed by atoms with E-state index >= 15 is 0 Å². The lowest BCUT2D eigenvalue weighted by atomic mass is 10.2. The molecule has 0 saturated heterocycles. The van der Waals surface area contributed by atoms with Gasteiger partial charge in [-0.15, -0.1) is 23.1 Å². The highest BCUT2D eigenvalue weighted by Crippen LogP contribution is 2.25. The second-order valence-electron chi connectivity index (χ2n) is 4.53. The van der Waals surface area contributed by atoms with Crippen LogP contribution in [0.3, 0.4) is 0 Å². The Kier molecular flexibility index (Phi) is 5.13. The summed E-state index contributed by atoms with van der Waals surface area (Å²) in [5.41, 5.74) is 1.79. The van der Waals surface area contributed by atoms with Gasteiger partial charge < -0.3 is 4.90 Å². The van der Waals surface area contributed by atoms with Crippen molar-refractivity contribution < 1.29 is 4.79 Å². The molecule has 0 aliphatic heterocycles. The van der Waals surface area contributed by atoms with E-state index in [1.165, 1.54) is 10.4 Å². The van der Waals surface area contributed by atoms with Crippen LogP contribution in [0.2, 0.25) is 5.02 Å². The van der Waals surface area contributed by atoms with Crippen LogP contribution in [0.4, 0.5) is 0 Å². The Morgan fingerprint density at radius 3 is 2.75 bits per heavy atom. The van der Waals surface area contributed by atoms with E-state index < -0.39 is 0 Å². The maximum Gasteiger partial charge on any atom is 0.255 e. The van der Waals surface area contributed by atoms with E-state index in [9.17, 15) is 4.79 Å². The molecule has 0 atom stereocenters. The van der Waals surface area contributed by atoms with Crippen LogP contribution in [-0.2, 0) is 6.54 Å². The number of hydrogen-bond acceptors (Lipinski definition) is 3. The molecule has 2 nitrogen and oxygen atoms in total. The van der Waals surface area contributed by atoms with Crippen molar-refractivity contribution in [1.82, 2.24) is 4.90 Å². The monoisotopic (exact) mass is 325 g/mol. The van der Waals surface area contributed by atoms with Crippen LogP contribution in [0.1, 0.15) is 20.8 Å². The van der Waals surface area contributed by atoms with E-state index in [2.05, 4.69) is 13.0 Å². The molecule has 0 N–H and O–H groups in total. The Hall–Kier alpha value is -0.970. The number of carbonyl (C=O) groups is 1. The average Bonchev–Trinajstić information content (AvgIpc) is 2.84. The predicted molar refractivity (Wildman–Crippen MR) is 88.1 cm³/mol. The SMILES string of the molecule is CSc1ccc(Cl)c(C(=O)N(C)Cc2sccc2C)c1. The molecule has 0 unspecified atom stereocenters. The summed E-state index contributed by atoms with van der Waals surface area (Å²) in [4.78, 5) is 16.5. The first-order valence-electron chi connectivity index (χ1n) is 6.15. The third kappa shape index (κ3) is 3.37. The number of thiophene rings is 1. The molecule has 0 bridgehead atoms. The van der Waals surface area contributed by atoms with E-state index in [1.54, 1.807) is 34.1 Å². The van der Waals surface area contributed by atoms with Crippen LogP contribution in [-0.4, -0.2) is 24.1 Å². The zero-order chi connectivity index (χ0) is 14.7. The Morgan fingerprint density at radius 2 is 2.15 bits per heavy atom. The van der Waals surface area contributed by atoms with Crippen molar-refractivity contribution in [3.63, 3.8) is 0 Å². The number of thioether (sulfide) groups is 1. The summed E-state index contributed by atoms with van der Waals surface area (Å²) in [6.07, 6.45) is 1.98. The van der Waals surface area contributed by atoms with Crippen LogP contribution >= 0.6 is 34.7 Å². The fourth-order valence-electron chi connectivity index (χ4n) is 1.85. The van der Waals surface area contributed by atoms with E-state index in [-0.39, 0.29) is 5.91 Å². The van der Waals surface area contributed by atoms with Crippen LogP contribution in [0, 0.1) is 6.92 Å². The fraction of sp³-hybridized carbons (Fsp3) is 0.267. The van der Waals surface area contributed by atoms with Crippen molar-refractivity contribution in [2.24, 2.45) is 0 Å². The average molecular weight is 326 g/mol. The summed E-state index contributed by atoms with van der Waals surface area (Å²) < 4.78 is 0. The second-order valence-corrected chi connectivity index (χ2v) is 6.82. The number of carbonyl (C=O) groups excluding carboxylic acids is 1. The van der Waals surface area contributed by atoms with E-state index in [4.69, 9.17) is 11.6 Å². The van der Waals surface area contributed by atoms with Gasteiger partial charge in [0.25, 0.3) is 5.91 Å². The standard InChI is InChI=1S/C15H16ClNOS2/c1-10-6-7-20-14(10)9-17(2)15(18)12-8-11(19-3)4-5-13(12)16/h4-8H,9H2,1-3H3. The molecular formula is C15H16ClNOS2. The summed E-state index contributed by atoms with van der Waals surface area (Å²) >= 11 is 9.42.